The van der Waals surface area contributed by atoms with E-state index in [2.05, 4.69) is 0 Å². The minimum atomic E-state index is -4.70. The molecule has 0 radical (unpaired) electrons. The Morgan fingerprint density at radius 1 is 1.40 bits per heavy atom. The van der Waals surface area contributed by atoms with Crippen molar-refractivity contribution < 1.29 is 27.1 Å². The first kappa shape index (κ1) is 14.6. The Morgan fingerprint density at radius 3 is 2.70 bits per heavy atom. The molecule has 0 unspecified atom stereocenters. The van der Waals surface area contributed by atoms with E-state index in [9.17, 15) is 22.4 Å². The largest absolute Gasteiger partial charge is 0.495 e. The number of methoxy groups -OCH3 is 1. The van der Waals surface area contributed by atoms with E-state index in [0.29, 0.717) is 23.3 Å². The third kappa shape index (κ3) is 2.32. The van der Waals surface area contributed by atoms with E-state index in [1.165, 1.54) is 13.2 Å². The summed E-state index contributed by atoms with van der Waals surface area (Å²) in [4.78, 5) is 12.4. The van der Waals surface area contributed by atoms with Crippen LogP contribution in [0.3, 0.4) is 0 Å². The van der Waals surface area contributed by atoms with Gasteiger partial charge in [0.2, 0.25) is 0 Å². The van der Waals surface area contributed by atoms with Gasteiger partial charge in [-0.25, -0.2) is 8.78 Å². The Kier molecular flexibility index (Phi) is 3.87. The second-order valence-corrected chi connectivity index (χ2v) is 4.45. The average Bonchev–Trinajstić information content (AvgIpc) is 2.44. The number of fused-ring (bicyclic) bond motifs is 1. The summed E-state index contributed by atoms with van der Waals surface area (Å²) in [6, 6.07) is 4.83. The van der Waals surface area contributed by atoms with Crippen LogP contribution in [0.2, 0.25) is 0 Å². The van der Waals surface area contributed by atoms with Gasteiger partial charge in [-0.3, -0.25) is 4.79 Å². The van der Waals surface area contributed by atoms with Crippen molar-refractivity contribution in [2.24, 2.45) is 0 Å². The smallest absolute Gasteiger partial charge is 0.384 e. The summed E-state index contributed by atoms with van der Waals surface area (Å²) in [7, 11) is 1.33. The molecular weight excluding hydrogens is 278 g/mol. The molecule has 20 heavy (non-hydrogen) atoms. The summed E-state index contributed by atoms with van der Waals surface area (Å²) in [5.74, 6) is -6.37. The minimum absolute atomic E-state index is 0.0332. The Bertz CT molecular complexity index is 505. The summed E-state index contributed by atoms with van der Waals surface area (Å²) in [6.45, 7) is -0.0332. The number of ether oxygens (including phenoxy) is 1. The van der Waals surface area contributed by atoms with Gasteiger partial charge in [0, 0.05) is 6.54 Å². The van der Waals surface area contributed by atoms with Gasteiger partial charge in [0.25, 0.3) is 0 Å². The van der Waals surface area contributed by atoms with Crippen LogP contribution in [-0.4, -0.2) is 31.9 Å². The first-order chi connectivity index (χ1) is 9.39. The molecule has 1 heterocycles. The summed E-state index contributed by atoms with van der Waals surface area (Å²) in [5, 5.41) is 0. The number of hydrogen-bond donors (Lipinski definition) is 0. The van der Waals surface area contributed by atoms with E-state index in [4.69, 9.17) is 4.74 Å². The molecule has 1 aromatic carbocycles. The zero-order valence-electron chi connectivity index (χ0n) is 10.7. The van der Waals surface area contributed by atoms with Crippen LogP contribution in [-0.2, 0) is 11.2 Å². The number of carbonyl (C=O) groups is 1. The van der Waals surface area contributed by atoms with E-state index < -0.39 is 18.3 Å². The number of nitrogens with zero attached hydrogens (tertiary/aromatic N) is 1. The van der Waals surface area contributed by atoms with Crippen molar-refractivity contribution in [2.45, 2.75) is 25.2 Å². The Hall–Kier alpha value is -1.79. The molecule has 1 aromatic rings. The summed E-state index contributed by atoms with van der Waals surface area (Å²) >= 11 is 0. The predicted octanol–water partition coefficient (Wildman–Crippen LogP) is 2.87. The third-order valence-electron chi connectivity index (χ3n) is 3.20. The summed E-state index contributed by atoms with van der Waals surface area (Å²) < 4.78 is 56.3. The van der Waals surface area contributed by atoms with Crippen molar-refractivity contribution in [3.8, 4) is 5.75 Å². The molecular formula is C13H13F4NO2. The van der Waals surface area contributed by atoms with Crippen LogP contribution >= 0.6 is 0 Å². The molecule has 0 N–H and O–H groups in total. The van der Waals surface area contributed by atoms with Gasteiger partial charge in [0.1, 0.15) is 5.75 Å². The number of halogens is 4. The molecule has 0 aromatic heterocycles. The van der Waals surface area contributed by atoms with E-state index in [1.807, 2.05) is 0 Å². The average molecular weight is 291 g/mol. The first-order valence-electron chi connectivity index (χ1n) is 6.03. The number of amides is 1. The molecule has 0 bridgehead atoms. The van der Waals surface area contributed by atoms with Crippen molar-refractivity contribution in [1.29, 1.82) is 0 Å². The van der Waals surface area contributed by atoms with Crippen LogP contribution in [0.15, 0.2) is 18.2 Å². The van der Waals surface area contributed by atoms with Gasteiger partial charge in [-0.05, 0) is 24.5 Å². The lowest BCUT2D eigenvalue weighted by Crippen LogP contribution is -2.49. The van der Waals surface area contributed by atoms with Gasteiger partial charge >= 0.3 is 18.3 Å². The molecule has 1 amide bonds. The SMILES string of the molecule is COc1cccc2c1N(C(=O)C(F)(F)C(F)F)CCC2. The van der Waals surface area contributed by atoms with E-state index in [0.717, 1.165) is 0 Å². The Labute approximate surface area is 113 Å². The standard InChI is InChI=1S/C13H13F4NO2/c1-20-9-6-2-4-8-5-3-7-18(10(8)9)12(19)13(16,17)11(14)15/h2,4,6,11H,3,5,7H2,1H3. The molecule has 7 heteroatoms. The number of carbonyl (C=O) groups excluding carboxylic acids is 1. The molecule has 0 saturated carbocycles. The maximum absolute atomic E-state index is 13.3. The molecule has 0 fully saturated rings. The fourth-order valence-corrected chi connectivity index (χ4v) is 2.26. The summed E-state index contributed by atoms with van der Waals surface area (Å²) in [5.41, 5.74) is 0.792. The van der Waals surface area contributed by atoms with Gasteiger partial charge in [-0.15, -0.1) is 0 Å². The van der Waals surface area contributed by atoms with Crippen LogP contribution in [0.4, 0.5) is 23.2 Å². The van der Waals surface area contributed by atoms with Crippen LogP contribution in [0.1, 0.15) is 12.0 Å². The van der Waals surface area contributed by atoms with Gasteiger partial charge in [-0.1, -0.05) is 12.1 Å². The fraction of sp³-hybridized carbons (Fsp3) is 0.462. The van der Waals surface area contributed by atoms with Crippen LogP contribution in [0.5, 0.6) is 5.75 Å². The molecule has 1 aliphatic heterocycles. The lowest BCUT2D eigenvalue weighted by Gasteiger charge is -2.32. The van der Waals surface area contributed by atoms with Crippen molar-refractivity contribution in [2.75, 3.05) is 18.6 Å². The van der Waals surface area contributed by atoms with E-state index >= 15 is 0 Å². The van der Waals surface area contributed by atoms with Crippen LogP contribution < -0.4 is 9.64 Å². The second kappa shape index (κ2) is 5.30. The summed E-state index contributed by atoms with van der Waals surface area (Å²) in [6.07, 6.45) is -3.02. The molecule has 2 rings (SSSR count). The number of aryl methyl sites for hydroxylation is 1. The van der Waals surface area contributed by atoms with Crippen molar-refractivity contribution >= 4 is 11.6 Å². The van der Waals surface area contributed by atoms with E-state index in [1.54, 1.807) is 12.1 Å². The van der Waals surface area contributed by atoms with Crippen LogP contribution in [0, 0.1) is 0 Å². The Balaban J connectivity index is 2.45. The van der Waals surface area contributed by atoms with Crippen molar-refractivity contribution in [3.05, 3.63) is 23.8 Å². The fourth-order valence-electron chi connectivity index (χ4n) is 2.26. The topological polar surface area (TPSA) is 29.5 Å². The highest BCUT2D eigenvalue weighted by Crippen LogP contribution is 2.38. The number of alkyl halides is 4. The van der Waals surface area contributed by atoms with Crippen LogP contribution in [0.25, 0.3) is 0 Å². The maximum atomic E-state index is 13.3. The van der Waals surface area contributed by atoms with Gasteiger partial charge in [0.05, 0.1) is 12.8 Å². The van der Waals surface area contributed by atoms with Gasteiger partial charge in [0.15, 0.2) is 0 Å². The number of para-hydroxylation sites is 1. The molecule has 3 nitrogen and oxygen atoms in total. The maximum Gasteiger partial charge on any atom is 0.384 e. The normalized spacial score (nSPS) is 15.2. The second-order valence-electron chi connectivity index (χ2n) is 4.45. The molecule has 0 spiro atoms. The quantitative estimate of drug-likeness (QED) is 0.801. The molecule has 0 saturated heterocycles. The number of hydrogen-bond acceptors (Lipinski definition) is 2. The Morgan fingerprint density at radius 2 is 2.10 bits per heavy atom. The molecule has 0 atom stereocenters. The molecule has 0 aliphatic carbocycles. The minimum Gasteiger partial charge on any atom is -0.495 e. The monoisotopic (exact) mass is 291 g/mol. The van der Waals surface area contributed by atoms with Crippen molar-refractivity contribution in [3.63, 3.8) is 0 Å². The zero-order chi connectivity index (χ0) is 14.9. The zero-order valence-corrected chi connectivity index (χ0v) is 10.7. The lowest BCUT2D eigenvalue weighted by atomic mass is 10.00. The van der Waals surface area contributed by atoms with Crippen molar-refractivity contribution in [1.82, 2.24) is 0 Å². The first-order valence-corrected chi connectivity index (χ1v) is 6.03. The van der Waals surface area contributed by atoms with E-state index in [-0.39, 0.29) is 18.0 Å². The van der Waals surface area contributed by atoms with Gasteiger partial charge < -0.3 is 9.64 Å². The third-order valence-corrected chi connectivity index (χ3v) is 3.20. The lowest BCUT2D eigenvalue weighted by molar-refractivity contribution is -0.166. The predicted molar refractivity (Wildman–Crippen MR) is 64.6 cm³/mol. The highest BCUT2D eigenvalue weighted by Gasteiger charge is 2.52. The molecule has 1 aliphatic rings. The number of anilines is 1. The number of rotatable bonds is 3. The highest BCUT2D eigenvalue weighted by molar-refractivity contribution is 6.01. The molecule has 110 valence electrons. The highest BCUT2D eigenvalue weighted by atomic mass is 19.3. The number of benzene rings is 1. The van der Waals surface area contributed by atoms with Gasteiger partial charge in [-0.2, -0.15) is 8.78 Å².